The highest BCUT2D eigenvalue weighted by Gasteiger charge is 2.25. The van der Waals surface area contributed by atoms with E-state index in [1.54, 1.807) is 16.4 Å². The van der Waals surface area contributed by atoms with Gasteiger partial charge in [0.15, 0.2) is 5.76 Å². The molecule has 0 aliphatic carbocycles. The number of furan rings is 1. The first-order chi connectivity index (χ1) is 10.5. The van der Waals surface area contributed by atoms with Crippen LogP contribution in [0.25, 0.3) is 0 Å². The molecular formula is C14H23N3O4S. The number of hydrogen-bond donors (Lipinski definition) is 1. The van der Waals surface area contributed by atoms with E-state index in [-0.39, 0.29) is 11.7 Å². The fraction of sp³-hybridized carbons (Fsp3) is 0.643. The summed E-state index contributed by atoms with van der Waals surface area (Å²) in [6.07, 6.45) is 2.10. The lowest BCUT2D eigenvalue weighted by Crippen LogP contribution is -2.50. The Balaban J connectivity index is 1.69. The number of nitrogens with one attached hydrogen (secondary N) is 1. The zero-order valence-electron chi connectivity index (χ0n) is 12.8. The number of nitrogens with zero attached hydrogens (tertiary/aromatic N) is 2. The molecule has 1 N–H and O–H groups in total. The third kappa shape index (κ3) is 4.56. The van der Waals surface area contributed by atoms with Crippen LogP contribution in [0.2, 0.25) is 0 Å². The van der Waals surface area contributed by atoms with Crippen LogP contribution in [0.15, 0.2) is 22.8 Å². The van der Waals surface area contributed by atoms with Crippen LogP contribution < -0.4 is 5.32 Å². The molecule has 0 radical (unpaired) electrons. The molecule has 1 aliphatic rings. The van der Waals surface area contributed by atoms with Gasteiger partial charge in [-0.15, -0.1) is 0 Å². The summed E-state index contributed by atoms with van der Waals surface area (Å²) >= 11 is 0. The molecule has 22 heavy (non-hydrogen) atoms. The van der Waals surface area contributed by atoms with Gasteiger partial charge in [0, 0.05) is 39.3 Å². The lowest BCUT2D eigenvalue weighted by atomic mass is 10.3. The fourth-order valence-corrected chi connectivity index (χ4v) is 3.93. The molecule has 7 nitrogen and oxygen atoms in total. The molecule has 0 atom stereocenters. The Kier molecular flexibility index (Phi) is 5.98. The Hall–Kier alpha value is -1.38. The molecule has 1 saturated heterocycles. The molecular weight excluding hydrogens is 306 g/mol. The van der Waals surface area contributed by atoms with Crippen molar-refractivity contribution in [2.24, 2.45) is 0 Å². The molecule has 1 fully saturated rings. The van der Waals surface area contributed by atoms with Gasteiger partial charge in [-0.05, 0) is 18.6 Å². The first-order valence-corrected chi connectivity index (χ1v) is 9.15. The topological polar surface area (TPSA) is 82.9 Å². The summed E-state index contributed by atoms with van der Waals surface area (Å²) in [5.74, 6) is 0.288. The molecule has 1 aliphatic heterocycles. The molecule has 8 heteroatoms. The van der Waals surface area contributed by atoms with E-state index in [1.165, 1.54) is 6.26 Å². The van der Waals surface area contributed by atoms with Crippen LogP contribution in [0.5, 0.6) is 0 Å². The number of amides is 1. The normalized spacial score (nSPS) is 17.5. The van der Waals surface area contributed by atoms with E-state index in [1.807, 2.05) is 6.92 Å². The van der Waals surface area contributed by atoms with Gasteiger partial charge in [0.1, 0.15) is 0 Å². The van der Waals surface area contributed by atoms with E-state index in [2.05, 4.69) is 10.2 Å². The molecule has 0 bridgehead atoms. The summed E-state index contributed by atoms with van der Waals surface area (Å²) in [5, 5.41) is 2.79. The average molecular weight is 329 g/mol. The lowest BCUT2D eigenvalue weighted by Gasteiger charge is -2.33. The van der Waals surface area contributed by atoms with Crippen molar-refractivity contribution in [1.82, 2.24) is 14.5 Å². The number of carbonyl (C=O) groups is 1. The number of carbonyl (C=O) groups excluding carboxylic acids is 1. The number of piperazine rings is 1. The van der Waals surface area contributed by atoms with Crippen LogP contribution in [0, 0.1) is 0 Å². The van der Waals surface area contributed by atoms with Crippen molar-refractivity contribution in [2.75, 3.05) is 45.0 Å². The standard InChI is InChI=1S/C14H23N3O4S/c1-2-12-22(19,20)17-9-7-16(8-10-17)6-5-15-14(18)13-4-3-11-21-13/h3-4,11H,2,5-10,12H2,1H3,(H,15,18). The van der Waals surface area contributed by atoms with Crippen molar-refractivity contribution in [2.45, 2.75) is 13.3 Å². The summed E-state index contributed by atoms with van der Waals surface area (Å²) in [6, 6.07) is 3.29. The molecule has 2 heterocycles. The van der Waals surface area contributed by atoms with Crippen molar-refractivity contribution >= 4 is 15.9 Å². The molecule has 124 valence electrons. The van der Waals surface area contributed by atoms with E-state index in [0.717, 1.165) is 0 Å². The number of sulfonamides is 1. The minimum Gasteiger partial charge on any atom is -0.459 e. The molecule has 0 aromatic carbocycles. The van der Waals surface area contributed by atoms with Crippen LogP contribution in [0.1, 0.15) is 23.9 Å². The summed E-state index contributed by atoms with van der Waals surface area (Å²) in [4.78, 5) is 13.8. The van der Waals surface area contributed by atoms with Crippen molar-refractivity contribution in [3.05, 3.63) is 24.2 Å². The molecule has 1 aromatic heterocycles. The smallest absolute Gasteiger partial charge is 0.287 e. The van der Waals surface area contributed by atoms with Gasteiger partial charge in [0.2, 0.25) is 10.0 Å². The predicted octanol–water partition coefficient (Wildman–Crippen LogP) is 0.367. The Bertz CT molecular complexity index is 563. The van der Waals surface area contributed by atoms with Gasteiger partial charge in [0.05, 0.1) is 12.0 Å². The van der Waals surface area contributed by atoms with Crippen molar-refractivity contribution in [1.29, 1.82) is 0 Å². The lowest BCUT2D eigenvalue weighted by molar-refractivity contribution is 0.0917. The Labute approximate surface area is 131 Å². The number of hydrogen-bond acceptors (Lipinski definition) is 5. The van der Waals surface area contributed by atoms with Crippen LogP contribution in [-0.4, -0.2) is 68.6 Å². The van der Waals surface area contributed by atoms with E-state index < -0.39 is 10.0 Å². The van der Waals surface area contributed by atoms with Crippen molar-refractivity contribution in [3.63, 3.8) is 0 Å². The van der Waals surface area contributed by atoms with Gasteiger partial charge >= 0.3 is 0 Å². The highest BCUT2D eigenvalue weighted by Crippen LogP contribution is 2.08. The van der Waals surface area contributed by atoms with Gasteiger partial charge in [-0.25, -0.2) is 8.42 Å². The van der Waals surface area contributed by atoms with Gasteiger partial charge in [-0.1, -0.05) is 6.92 Å². The second kappa shape index (κ2) is 7.75. The third-order valence-corrected chi connectivity index (χ3v) is 5.72. The Morgan fingerprint density at radius 3 is 2.64 bits per heavy atom. The molecule has 0 spiro atoms. The highest BCUT2D eigenvalue weighted by molar-refractivity contribution is 7.89. The summed E-state index contributed by atoms with van der Waals surface area (Å²) in [7, 11) is -3.10. The zero-order chi connectivity index (χ0) is 16.0. The second-order valence-electron chi connectivity index (χ2n) is 5.29. The molecule has 1 aromatic rings. The van der Waals surface area contributed by atoms with Crippen LogP contribution in [-0.2, 0) is 10.0 Å². The minimum atomic E-state index is -3.10. The van der Waals surface area contributed by atoms with Gasteiger partial charge in [-0.2, -0.15) is 4.31 Å². The Morgan fingerprint density at radius 2 is 2.05 bits per heavy atom. The maximum absolute atomic E-state index is 12.0. The zero-order valence-corrected chi connectivity index (χ0v) is 13.6. The van der Waals surface area contributed by atoms with Crippen molar-refractivity contribution in [3.8, 4) is 0 Å². The molecule has 0 saturated carbocycles. The fourth-order valence-electron chi connectivity index (χ4n) is 2.44. The first kappa shape index (κ1) is 17.0. The van der Waals surface area contributed by atoms with Crippen LogP contribution >= 0.6 is 0 Å². The average Bonchev–Trinajstić information content (AvgIpc) is 3.02. The summed E-state index contributed by atoms with van der Waals surface area (Å²) < 4.78 is 30.5. The van der Waals surface area contributed by atoms with E-state index in [4.69, 9.17) is 4.42 Å². The van der Waals surface area contributed by atoms with E-state index >= 15 is 0 Å². The number of rotatable bonds is 7. The Morgan fingerprint density at radius 1 is 1.32 bits per heavy atom. The monoisotopic (exact) mass is 329 g/mol. The van der Waals surface area contributed by atoms with Gasteiger partial charge < -0.3 is 9.73 Å². The predicted molar refractivity (Wildman–Crippen MR) is 83.1 cm³/mol. The SMILES string of the molecule is CCCS(=O)(=O)N1CCN(CCNC(=O)c2ccco2)CC1. The molecule has 2 rings (SSSR count). The summed E-state index contributed by atoms with van der Waals surface area (Å²) in [6.45, 7) is 5.52. The van der Waals surface area contributed by atoms with Crippen molar-refractivity contribution < 1.29 is 17.6 Å². The third-order valence-electron chi connectivity index (χ3n) is 3.65. The second-order valence-corrected chi connectivity index (χ2v) is 7.38. The van der Waals surface area contributed by atoms with Gasteiger partial charge in [-0.3, -0.25) is 9.69 Å². The van der Waals surface area contributed by atoms with Crippen LogP contribution in [0.3, 0.4) is 0 Å². The highest BCUT2D eigenvalue weighted by atomic mass is 32.2. The quantitative estimate of drug-likeness (QED) is 0.781. The minimum absolute atomic E-state index is 0.214. The first-order valence-electron chi connectivity index (χ1n) is 7.55. The maximum Gasteiger partial charge on any atom is 0.287 e. The maximum atomic E-state index is 12.0. The van der Waals surface area contributed by atoms with Crippen LogP contribution in [0.4, 0.5) is 0 Å². The summed E-state index contributed by atoms with van der Waals surface area (Å²) in [5.41, 5.74) is 0. The van der Waals surface area contributed by atoms with E-state index in [0.29, 0.717) is 51.4 Å². The molecule has 0 unspecified atom stereocenters. The molecule has 1 amide bonds. The van der Waals surface area contributed by atoms with Gasteiger partial charge in [0.25, 0.3) is 5.91 Å². The largest absolute Gasteiger partial charge is 0.459 e. The van der Waals surface area contributed by atoms with E-state index in [9.17, 15) is 13.2 Å².